The van der Waals surface area contributed by atoms with E-state index in [1.54, 1.807) is 13.8 Å². The van der Waals surface area contributed by atoms with Crippen LogP contribution in [0.5, 0.6) is 0 Å². The molecule has 1 aliphatic rings. The second kappa shape index (κ2) is 11.9. The van der Waals surface area contributed by atoms with Crippen molar-refractivity contribution < 1.29 is 19.1 Å². The number of cyclic esters (lactones) is 2. The van der Waals surface area contributed by atoms with Crippen LogP contribution in [0.15, 0.2) is 22.4 Å². The Kier molecular flexibility index (Phi) is 9.87. The van der Waals surface area contributed by atoms with Crippen molar-refractivity contribution in [1.82, 2.24) is 0 Å². The van der Waals surface area contributed by atoms with E-state index in [1.807, 2.05) is 24.3 Å². The van der Waals surface area contributed by atoms with Crippen LogP contribution >= 0.6 is 0 Å². The third-order valence-electron chi connectivity index (χ3n) is 4.33. The van der Waals surface area contributed by atoms with E-state index in [4.69, 9.17) is 9.47 Å². The monoisotopic (exact) mass is 388 g/mol. The molecule has 8 heteroatoms. The molecule has 2 atom stereocenters. The van der Waals surface area contributed by atoms with E-state index in [1.165, 1.54) is 0 Å². The van der Waals surface area contributed by atoms with Gasteiger partial charge in [-0.2, -0.15) is 20.8 Å². The summed E-state index contributed by atoms with van der Waals surface area (Å²) < 4.78 is 10.3. The first kappa shape index (κ1) is 23.3. The molecule has 0 radical (unpaired) electrons. The Morgan fingerprint density at radius 1 is 0.857 bits per heavy atom. The highest BCUT2D eigenvalue weighted by Gasteiger charge is 2.29. The molecule has 0 aromatic heterocycles. The molecule has 0 saturated heterocycles. The molecule has 0 saturated carbocycles. The molecule has 8 nitrogen and oxygen atoms in total. The zero-order valence-corrected chi connectivity index (χ0v) is 16.6. The summed E-state index contributed by atoms with van der Waals surface area (Å²) in [5.74, 6) is -0.776. The molecular weight excluding hydrogens is 360 g/mol. The topological polar surface area (TPSA) is 125 Å². The summed E-state index contributed by atoms with van der Waals surface area (Å²) in [5, 5.41) is 26.9. The molecule has 0 N–H and O–H groups in total. The highest BCUT2D eigenvalue weighted by molar-refractivity contribution is 5.69. The average Bonchev–Trinajstić information content (AvgIpc) is 2.70. The van der Waals surface area contributed by atoms with Crippen molar-refractivity contribution in [2.75, 3.05) is 13.2 Å². The van der Waals surface area contributed by atoms with Gasteiger partial charge < -0.3 is 9.47 Å². The third kappa shape index (κ3) is 9.27. The van der Waals surface area contributed by atoms with Crippen LogP contribution in [-0.4, -0.2) is 36.2 Å². The van der Waals surface area contributed by atoms with Gasteiger partial charge >= 0.3 is 11.9 Å². The normalized spacial score (nSPS) is 30.1. The molecule has 0 spiro atoms. The fourth-order valence-electron chi connectivity index (χ4n) is 2.32. The number of hydrogen-bond acceptors (Lipinski definition) is 8. The van der Waals surface area contributed by atoms with Crippen LogP contribution < -0.4 is 0 Å². The molecule has 1 heterocycles. The molecule has 0 fully saturated rings. The van der Waals surface area contributed by atoms with E-state index in [0.29, 0.717) is 26.1 Å². The summed E-state index contributed by atoms with van der Waals surface area (Å²) in [6.07, 6.45) is 7.39. The summed E-state index contributed by atoms with van der Waals surface area (Å²) in [5.41, 5.74) is -2.50. The predicted molar refractivity (Wildman–Crippen MR) is 101 cm³/mol. The third-order valence-corrected chi connectivity index (χ3v) is 4.33. The van der Waals surface area contributed by atoms with Gasteiger partial charge in [-0.1, -0.05) is 12.2 Å². The quantitative estimate of drug-likeness (QED) is 0.459. The van der Waals surface area contributed by atoms with E-state index in [9.17, 15) is 20.1 Å². The van der Waals surface area contributed by atoms with Gasteiger partial charge in [-0.3, -0.25) is 9.59 Å². The fourth-order valence-corrected chi connectivity index (χ4v) is 2.32. The van der Waals surface area contributed by atoms with Gasteiger partial charge in [0.25, 0.3) is 0 Å². The van der Waals surface area contributed by atoms with E-state index < -0.39 is 11.1 Å². The second-order valence-corrected chi connectivity index (χ2v) is 7.17. The SMILES string of the molecule is CC1(C#N)CCC(=O)OCCC/C=C\CCCOC(=O)CCC(C)(C#N)N=N1. The number of nitrogens with zero attached hydrogens (tertiary/aromatic N) is 4. The van der Waals surface area contributed by atoms with Crippen LogP contribution in [0.2, 0.25) is 0 Å². The van der Waals surface area contributed by atoms with Crippen LogP contribution in [0.25, 0.3) is 0 Å². The number of hydrogen-bond donors (Lipinski definition) is 0. The Labute approximate surface area is 166 Å². The number of esters is 2. The van der Waals surface area contributed by atoms with Crippen molar-refractivity contribution in [2.24, 2.45) is 10.2 Å². The maximum absolute atomic E-state index is 11.9. The maximum atomic E-state index is 11.9. The zero-order chi connectivity index (χ0) is 20.9. The Bertz CT molecular complexity index is 621. The molecule has 0 bridgehead atoms. The van der Waals surface area contributed by atoms with Crippen molar-refractivity contribution in [1.29, 1.82) is 10.5 Å². The maximum Gasteiger partial charge on any atom is 0.305 e. The second-order valence-electron chi connectivity index (χ2n) is 7.17. The van der Waals surface area contributed by atoms with Gasteiger partial charge in [0.15, 0.2) is 11.1 Å². The Hall–Kier alpha value is -2.74. The molecule has 2 unspecified atom stereocenters. The van der Waals surface area contributed by atoms with Gasteiger partial charge in [0.05, 0.1) is 25.4 Å². The van der Waals surface area contributed by atoms with Gasteiger partial charge in [-0.05, 0) is 52.4 Å². The van der Waals surface area contributed by atoms with Crippen molar-refractivity contribution in [2.45, 2.75) is 76.3 Å². The first-order valence-electron chi connectivity index (χ1n) is 9.55. The number of allylic oxidation sites excluding steroid dienone is 2. The Balaban J connectivity index is 2.83. The highest BCUT2D eigenvalue weighted by Crippen LogP contribution is 2.24. The first-order chi connectivity index (χ1) is 13.3. The standard InChI is InChI=1S/C20H28N4O4/c1-19(15-21)11-9-17(25)27-13-7-5-3-4-6-8-14-28-18(26)10-12-20(2,16-22)24-23-19/h3-4H,5-14H2,1-2H3/b4-3-,24-23?. The van der Waals surface area contributed by atoms with Crippen LogP contribution in [0.4, 0.5) is 0 Å². The number of carbonyl (C=O) groups excluding carboxylic acids is 2. The lowest BCUT2D eigenvalue weighted by atomic mass is 9.97. The molecule has 1 aliphatic heterocycles. The number of nitriles is 2. The van der Waals surface area contributed by atoms with Crippen molar-refractivity contribution in [3.05, 3.63) is 12.2 Å². The summed E-state index contributed by atoms with van der Waals surface area (Å²) in [4.78, 5) is 23.7. The molecule has 28 heavy (non-hydrogen) atoms. The van der Waals surface area contributed by atoms with E-state index in [-0.39, 0.29) is 37.6 Å². The minimum Gasteiger partial charge on any atom is -0.466 e. The smallest absolute Gasteiger partial charge is 0.305 e. The Morgan fingerprint density at radius 2 is 1.25 bits per heavy atom. The molecule has 0 aromatic rings. The summed E-state index contributed by atoms with van der Waals surface area (Å²) >= 11 is 0. The van der Waals surface area contributed by atoms with Crippen molar-refractivity contribution in [3.63, 3.8) is 0 Å². The molecule has 1 rings (SSSR count). The lowest BCUT2D eigenvalue weighted by Gasteiger charge is -2.19. The van der Waals surface area contributed by atoms with Crippen LogP contribution in [0, 0.1) is 22.7 Å². The highest BCUT2D eigenvalue weighted by atomic mass is 16.5. The molecule has 0 aromatic carbocycles. The number of azo groups is 1. The number of carbonyl (C=O) groups is 2. The van der Waals surface area contributed by atoms with Gasteiger partial charge in [-0.15, -0.1) is 0 Å². The van der Waals surface area contributed by atoms with Crippen LogP contribution in [-0.2, 0) is 19.1 Å². The first-order valence-corrected chi connectivity index (χ1v) is 9.55. The molecule has 0 amide bonds. The molecule has 0 aliphatic carbocycles. The lowest BCUT2D eigenvalue weighted by molar-refractivity contribution is -0.145. The molecular formula is C20H28N4O4. The fraction of sp³-hybridized carbons (Fsp3) is 0.700. The largest absolute Gasteiger partial charge is 0.466 e. The summed E-state index contributed by atoms with van der Waals surface area (Å²) in [7, 11) is 0. The average molecular weight is 388 g/mol. The summed E-state index contributed by atoms with van der Waals surface area (Å²) in [6.45, 7) is 3.73. The van der Waals surface area contributed by atoms with E-state index in [2.05, 4.69) is 10.2 Å². The minimum absolute atomic E-state index is 0.0362. The number of ether oxygens (including phenoxy) is 2. The van der Waals surface area contributed by atoms with E-state index >= 15 is 0 Å². The van der Waals surface area contributed by atoms with Gasteiger partial charge in [0.1, 0.15) is 0 Å². The van der Waals surface area contributed by atoms with Crippen molar-refractivity contribution >= 4 is 11.9 Å². The zero-order valence-electron chi connectivity index (χ0n) is 16.6. The predicted octanol–water partition coefficient (Wildman–Crippen LogP) is 3.78. The van der Waals surface area contributed by atoms with Crippen molar-refractivity contribution in [3.8, 4) is 12.1 Å². The Morgan fingerprint density at radius 3 is 1.61 bits per heavy atom. The van der Waals surface area contributed by atoms with E-state index in [0.717, 1.165) is 12.8 Å². The van der Waals surface area contributed by atoms with Gasteiger partial charge in [-0.25, -0.2) is 0 Å². The van der Waals surface area contributed by atoms with Crippen LogP contribution in [0.1, 0.15) is 65.2 Å². The van der Waals surface area contributed by atoms with Crippen LogP contribution in [0.3, 0.4) is 0 Å². The number of rotatable bonds is 0. The molecule has 152 valence electrons. The van der Waals surface area contributed by atoms with Gasteiger partial charge in [0, 0.05) is 12.8 Å². The lowest BCUT2D eigenvalue weighted by Crippen LogP contribution is -2.25. The minimum atomic E-state index is -1.25. The van der Waals surface area contributed by atoms with Gasteiger partial charge in [0.2, 0.25) is 0 Å². The summed E-state index contributed by atoms with van der Waals surface area (Å²) in [6, 6.07) is 4.06.